The Hall–Kier alpha value is -4.15. The summed E-state index contributed by atoms with van der Waals surface area (Å²) in [5.41, 5.74) is 5.79. The molecular weight excluding hydrogens is 386 g/mol. The number of carbonyl (C=O) groups excluding carboxylic acids is 2. The highest BCUT2D eigenvalue weighted by Gasteiger charge is 2.24. The Morgan fingerprint density at radius 2 is 1.76 bits per heavy atom. The number of nitrogens with one attached hydrogen (secondary N) is 2. The third-order valence-corrected chi connectivity index (χ3v) is 3.59. The average Bonchev–Trinajstić information content (AvgIpc) is 3.09. The van der Waals surface area contributed by atoms with Crippen LogP contribution in [0.1, 0.15) is 28.3 Å². The van der Waals surface area contributed by atoms with E-state index in [2.05, 4.69) is 5.32 Å². The molecule has 152 valence electrons. The summed E-state index contributed by atoms with van der Waals surface area (Å²) in [6, 6.07) is 6.92. The molecule has 0 saturated carbocycles. The highest BCUT2D eigenvalue weighted by Crippen LogP contribution is 2.16. The number of nitrogen functional groups attached to an aromatic ring is 1. The topological polar surface area (TPSA) is 193 Å². The number of rotatable bonds is 9. The lowest BCUT2D eigenvalue weighted by Gasteiger charge is -2.11. The number of amidine groups is 1. The summed E-state index contributed by atoms with van der Waals surface area (Å²) in [6.07, 6.45) is -1.18. The largest absolute Gasteiger partial charge is 0.481 e. The summed E-state index contributed by atoms with van der Waals surface area (Å²) in [7, 11) is 0. The number of aliphatic carboxylic acids is 2. The van der Waals surface area contributed by atoms with Gasteiger partial charge in [-0.2, -0.15) is 0 Å². The first-order valence-corrected chi connectivity index (χ1v) is 8.15. The van der Waals surface area contributed by atoms with Gasteiger partial charge in [0.15, 0.2) is 0 Å². The molecule has 29 heavy (non-hydrogen) atoms. The van der Waals surface area contributed by atoms with Gasteiger partial charge < -0.3 is 30.4 Å². The normalized spacial score (nSPS) is 11.3. The molecule has 1 aromatic carbocycles. The first kappa shape index (κ1) is 21.2. The van der Waals surface area contributed by atoms with Gasteiger partial charge in [-0.25, -0.2) is 9.59 Å². The van der Waals surface area contributed by atoms with E-state index >= 15 is 0 Å². The highest BCUT2D eigenvalue weighted by atomic mass is 16.5. The van der Waals surface area contributed by atoms with Crippen LogP contribution >= 0.6 is 0 Å². The zero-order chi connectivity index (χ0) is 21.6. The lowest BCUT2D eigenvalue weighted by Crippen LogP contribution is -2.42. The minimum Gasteiger partial charge on any atom is -0.481 e. The van der Waals surface area contributed by atoms with Crippen LogP contribution in [-0.2, 0) is 20.8 Å². The summed E-state index contributed by atoms with van der Waals surface area (Å²) in [6.45, 7) is 0. The molecule has 1 aromatic heterocycles. The molecule has 2 aromatic rings. The molecule has 0 radical (unpaired) electrons. The molecule has 11 nitrogen and oxygen atoms in total. The first-order valence-electron chi connectivity index (χ1n) is 8.15. The second-order valence-corrected chi connectivity index (χ2v) is 5.83. The molecule has 0 saturated heterocycles. The number of carbonyl (C=O) groups is 4. The monoisotopic (exact) mass is 403 g/mol. The summed E-state index contributed by atoms with van der Waals surface area (Å²) >= 11 is 0. The van der Waals surface area contributed by atoms with Crippen molar-refractivity contribution in [3.63, 3.8) is 0 Å². The first-order chi connectivity index (χ1) is 13.7. The third kappa shape index (κ3) is 6.20. The van der Waals surface area contributed by atoms with Gasteiger partial charge in [0.25, 0.3) is 0 Å². The average molecular weight is 403 g/mol. The molecule has 0 aliphatic carbocycles. The molecular formula is C18H17N3O8. The van der Waals surface area contributed by atoms with Crippen LogP contribution in [0.15, 0.2) is 40.8 Å². The van der Waals surface area contributed by atoms with E-state index in [0.717, 1.165) is 0 Å². The summed E-state index contributed by atoms with van der Waals surface area (Å²) < 4.78 is 10.3. The second kappa shape index (κ2) is 9.17. The third-order valence-electron chi connectivity index (χ3n) is 3.59. The van der Waals surface area contributed by atoms with E-state index in [4.69, 9.17) is 30.5 Å². The van der Waals surface area contributed by atoms with Gasteiger partial charge in [-0.3, -0.25) is 15.0 Å². The zero-order valence-electron chi connectivity index (χ0n) is 14.9. The van der Waals surface area contributed by atoms with E-state index in [-0.39, 0.29) is 23.1 Å². The van der Waals surface area contributed by atoms with Crippen molar-refractivity contribution in [1.29, 1.82) is 5.41 Å². The molecule has 1 amide bonds. The van der Waals surface area contributed by atoms with Crippen LogP contribution < -0.4 is 15.8 Å². The number of esters is 1. The minimum atomic E-state index is -1.59. The Balaban J connectivity index is 1.96. The molecule has 11 heteroatoms. The molecule has 0 spiro atoms. The molecule has 0 aliphatic heterocycles. The predicted molar refractivity (Wildman–Crippen MR) is 96.6 cm³/mol. The maximum atomic E-state index is 12.1. The minimum absolute atomic E-state index is 0.0563. The molecule has 6 N–H and O–H groups in total. The van der Waals surface area contributed by atoms with Crippen LogP contribution in [-0.4, -0.2) is 45.9 Å². The molecule has 2 rings (SSSR count). The number of hydrogen-bond acceptors (Lipinski definition) is 7. The van der Waals surface area contributed by atoms with Crippen LogP contribution in [0.2, 0.25) is 0 Å². The van der Waals surface area contributed by atoms with Crippen molar-refractivity contribution in [3.8, 4) is 5.75 Å². The number of furan rings is 1. The molecule has 0 aliphatic rings. The Morgan fingerprint density at radius 1 is 1.10 bits per heavy atom. The quantitative estimate of drug-likeness (QED) is 0.170. The van der Waals surface area contributed by atoms with Gasteiger partial charge in [0, 0.05) is 5.56 Å². The van der Waals surface area contributed by atoms with Crippen molar-refractivity contribution in [2.24, 2.45) is 5.73 Å². The Morgan fingerprint density at radius 3 is 2.31 bits per heavy atom. The fourth-order valence-electron chi connectivity index (χ4n) is 2.22. The molecule has 1 heterocycles. The number of amides is 1. The number of nitrogens with two attached hydrogens (primary N) is 1. The number of carboxylic acids is 2. The smallest absolute Gasteiger partial charge is 0.379 e. The van der Waals surface area contributed by atoms with Crippen molar-refractivity contribution < 1.29 is 38.5 Å². The second-order valence-electron chi connectivity index (χ2n) is 5.83. The summed E-state index contributed by atoms with van der Waals surface area (Å²) in [5, 5.41) is 26.9. The van der Waals surface area contributed by atoms with Crippen molar-refractivity contribution in [3.05, 3.63) is 53.5 Å². The Bertz CT molecular complexity index is 948. The highest BCUT2D eigenvalue weighted by molar-refractivity contribution is 5.95. The van der Waals surface area contributed by atoms with Gasteiger partial charge in [0.1, 0.15) is 23.4 Å². The van der Waals surface area contributed by atoms with E-state index in [0.29, 0.717) is 5.56 Å². The Kier molecular flexibility index (Phi) is 6.69. The van der Waals surface area contributed by atoms with Crippen molar-refractivity contribution in [2.45, 2.75) is 18.9 Å². The fourth-order valence-corrected chi connectivity index (χ4v) is 2.22. The fraction of sp³-hybridized carbons (Fsp3) is 0.167. The van der Waals surface area contributed by atoms with E-state index in [1.807, 2.05) is 0 Å². The number of carboxylic acid groups (broad SMARTS) is 2. The van der Waals surface area contributed by atoms with Crippen LogP contribution in [0.25, 0.3) is 0 Å². The molecule has 0 bridgehead atoms. The van der Waals surface area contributed by atoms with Gasteiger partial charge >= 0.3 is 17.9 Å². The van der Waals surface area contributed by atoms with Crippen LogP contribution in [0, 0.1) is 5.41 Å². The maximum absolute atomic E-state index is 12.1. The lowest BCUT2D eigenvalue weighted by molar-refractivity contribution is -0.147. The van der Waals surface area contributed by atoms with E-state index < -0.39 is 42.7 Å². The molecule has 0 fully saturated rings. The summed E-state index contributed by atoms with van der Waals surface area (Å²) in [5.74, 6) is -4.56. The maximum Gasteiger partial charge on any atom is 0.379 e. The van der Waals surface area contributed by atoms with Crippen LogP contribution in [0.4, 0.5) is 0 Å². The SMILES string of the molecule is N=C(N)c1ccc(OC(=O)c2ccc(CC(=O)N[C@@H](CC(=O)O)C(=O)O)o2)cc1. The zero-order valence-corrected chi connectivity index (χ0v) is 14.9. The summed E-state index contributed by atoms with van der Waals surface area (Å²) in [4.78, 5) is 45.6. The molecule has 0 unspecified atom stereocenters. The van der Waals surface area contributed by atoms with Gasteiger partial charge in [-0.1, -0.05) is 0 Å². The lowest BCUT2D eigenvalue weighted by atomic mass is 10.2. The van der Waals surface area contributed by atoms with Crippen molar-refractivity contribution >= 4 is 29.7 Å². The Labute approximate surface area is 163 Å². The van der Waals surface area contributed by atoms with Crippen molar-refractivity contribution in [1.82, 2.24) is 5.32 Å². The van der Waals surface area contributed by atoms with Gasteiger partial charge in [0.2, 0.25) is 11.7 Å². The van der Waals surface area contributed by atoms with E-state index in [9.17, 15) is 19.2 Å². The van der Waals surface area contributed by atoms with E-state index in [1.54, 1.807) is 0 Å². The van der Waals surface area contributed by atoms with Gasteiger partial charge in [-0.15, -0.1) is 0 Å². The molecule has 1 atom stereocenters. The number of hydrogen-bond donors (Lipinski definition) is 5. The van der Waals surface area contributed by atoms with E-state index in [1.165, 1.54) is 36.4 Å². The predicted octanol–water partition coefficient (Wildman–Crippen LogP) is 0.369. The number of ether oxygens (including phenoxy) is 1. The van der Waals surface area contributed by atoms with Gasteiger partial charge in [0.05, 0.1) is 12.8 Å². The standard InChI is InChI=1S/C18H17N3O8/c19-16(20)9-1-3-10(4-2-9)29-18(27)13-6-5-11(28-13)7-14(22)21-12(17(25)26)8-15(23)24/h1-6,12H,7-8H2,(H3,19,20)(H,21,22)(H,23,24)(H,25,26)/t12-/m0/s1. The van der Waals surface area contributed by atoms with Crippen LogP contribution in [0.5, 0.6) is 5.75 Å². The van der Waals surface area contributed by atoms with Crippen LogP contribution in [0.3, 0.4) is 0 Å². The van der Waals surface area contributed by atoms with Gasteiger partial charge in [-0.05, 0) is 36.4 Å². The van der Waals surface area contributed by atoms with Crippen molar-refractivity contribution in [2.75, 3.05) is 0 Å². The number of benzene rings is 1.